The molecule has 1 aromatic heterocycles. The quantitative estimate of drug-likeness (QED) is 0.354. The smallest absolute Gasteiger partial charge is 0.126 e. The Bertz CT molecular complexity index is 283. The molecule has 1 aromatic rings. The van der Waals surface area contributed by atoms with E-state index in [2.05, 4.69) is 10.1 Å². The molecule has 11 heavy (non-hydrogen) atoms. The normalized spacial score (nSPS) is 10.6. The fourth-order valence-corrected chi connectivity index (χ4v) is 0.744. The van der Waals surface area contributed by atoms with Crippen LogP contribution in [0.25, 0.3) is 0 Å². The van der Waals surface area contributed by atoms with Gasteiger partial charge in [-0.05, 0) is 18.6 Å². The molecule has 4 nitrogen and oxygen atoms in total. The molecule has 0 aliphatic heterocycles. The Morgan fingerprint density at radius 2 is 2.45 bits per heavy atom. The van der Waals surface area contributed by atoms with Crippen LogP contribution in [0.5, 0.6) is 0 Å². The molecule has 0 aromatic carbocycles. The van der Waals surface area contributed by atoms with Crippen molar-refractivity contribution in [2.45, 2.75) is 6.92 Å². The lowest BCUT2D eigenvalue weighted by Crippen LogP contribution is -1.95. The first-order valence-corrected chi connectivity index (χ1v) is 3.13. The standard InChI is InChI=1S/C7H9N3O/c1-5-2-6(4-10-11)3-9-7(5)8/h2-4,11H,1H3,(H2,8,9)/b10-4-. The molecule has 0 saturated carbocycles. The van der Waals surface area contributed by atoms with E-state index in [-0.39, 0.29) is 0 Å². The minimum absolute atomic E-state index is 0.500. The van der Waals surface area contributed by atoms with Crippen LogP contribution in [0.2, 0.25) is 0 Å². The van der Waals surface area contributed by atoms with Gasteiger partial charge in [0.1, 0.15) is 5.82 Å². The average molecular weight is 151 g/mol. The van der Waals surface area contributed by atoms with E-state index in [9.17, 15) is 0 Å². The molecule has 0 atom stereocenters. The van der Waals surface area contributed by atoms with Crippen LogP contribution >= 0.6 is 0 Å². The number of rotatable bonds is 1. The molecule has 1 heterocycles. The SMILES string of the molecule is Cc1cc(/C=N\O)cnc1N. The van der Waals surface area contributed by atoms with Gasteiger partial charge >= 0.3 is 0 Å². The summed E-state index contributed by atoms with van der Waals surface area (Å²) < 4.78 is 0. The molecule has 0 bridgehead atoms. The predicted octanol–water partition coefficient (Wildman–Crippen LogP) is 0.780. The highest BCUT2D eigenvalue weighted by Crippen LogP contribution is 2.06. The van der Waals surface area contributed by atoms with E-state index in [1.54, 1.807) is 12.3 Å². The molecule has 1 rings (SSSR count). The second kappa shape index (κ2) is 3.01. The third-order valence-corrected chi connectivity index (χ3v) is 1.35. The van der Waals surface area contributed by atoms with Gasteiger partial charge in [-0.25, -0.2) is 4.98 Å². The molecule has 0 spiro atoms. The lowest BCUT2D eigenvalue weighted by molar-refractivity contribution is 0.322. The first kappa shape index (κ1) is 7.53. The largest absolute Gasteiger partial charge is 0.411 e. The lowest BCUT2D eigenvalue weighted by atomic mass is 10.2. The zero-order valence-electron chi connectivity index (χ0n) is 6.15. The molecule has 0 aliphatic rings. The molecule has 0 unspecified atom stereocenters. The van der Waals surface area contributed by atoms with Crippen LogP contribution in [0.1, 0.15) is 11.1 Å². The van der Waals surface area contributed by atoms with Gasteiger partial charge in [-0.3, -0.25) is 0 Å². The molecule has 0 radical (unpaired) electrons. The van der Waals surface area contributed by atoms with E-state index in [1.807, 2.05) is 6.92 Å². The second-order valence-corrected chi connectivity index (χ2v) is 2.22. The molecule has 0 fully saturated rings. The first-order chi connectivity index (χ1) is 5.24. The summed E-state index contributed by atoms with van der Waals surface area (Å²) in [6, 6.07) is 1.79. The van der Waals surface area contributed by atoms with E-state index >= 15 is 0 Å². The van der Waals surface area contributed by atoms with E-state index in [4.69, 9.17) is 10.9 Å². The Morgan fingerprint density at radius 3 is 3.00 bits per heavy atom. The van der Waals surface area contributed by atoms with Crippen molar-refractivity contribution in [3.05, 3.63) is 23.4 Å². The van der Waals surface area contributed by atoms with Gasteiger partial charge in [0, 0.05) is 11.8 Å². The minimum atomic E-state index is 0.500. The van der Waals surface area contributed by atoms with Crippen molar-refractivity contribution in [3.8, 4) is 0 Å². The summed E-state index contributed by atoms with van der Waals surface area (Å²) >= 11 is 0. The number of anilines is 1. The monoisotopic (exact) mass is 151 g/mol. The minimum Gasteiger partial charge on any atom is -0.411 e. The molecular weight excluding hydrogens is 142 g/mol. The number of oxime groups is 1. The van der Waals surface area contributed by atoms with Gasteiger partial charge in [0.25, 0.3) is 0 Å². The Kier molecular flexibility index (Phi) is 2.06. The van der Waals surface area contributed by atoms with Gasteiger partial charge < -0.3 is 10.9 Å². The molecule has 4 heteroatoms. The maximum Gasteiger partial charge on any atom is 0.126 e. The van der Waals surface area contributed by atoms with E-state index in [0.29, 0.717) is 5.82 Å². The van der Waals surface area contributed by atoms with Gasteiger partial charge in [0.15, 0.2) is 0 Å². The average Bonchev–Trinajstić information content (AvgIpc) is 1.98. The Hall–Kier alpha value is -1.58. The van der Waals surface area contributed by atoms with Crippen LogP contribution in [-0.4, -0.2) is 16.4 Å². The van der Waals surface area contributed by atoms with Gasteiger partial charge in [-0.2, -0.15) is 0 Å². The maximum absolute atomic E-state index is 8.19. The van der Waals surface area contributed by atoms with E-state index in [0.717, 1.165) is 11.1 Å². The molecule has 0 saturated heterocycles. The van der Waals surface area contributed by atoms with Crippen LogP contribution < -0.4 is 5.73 Å². The zero-order valence-corrected chi connectivity index (χ0v) is 6.15. The Balaban J connectivity index is 3.05. The number of nitrogen functional groups attached to an aromatic ring is 1. The van der Waals surface area contributed by atoms with Gasteiger partial charge in [-0.1, -0.05) is 5.16 Å². The summed E-state index contributed by atoms with van der Waals surface area (Å²) in [5, 5.41) is 11.1. The molecule has 0 aliphatic carbocycles. The number of aromatic nitrogens is 1. The highest BCUT2D eigenvalue weighted by molar-refractivity contribution is 5.79. The maximum atomic E-state index is 8.19. The number of nitrogens with two attached hydrogens (primary N) is 1. The Morgan fingerprint density at radius 1 is 1.73 bits per heavy atom. The van der Waals surface area contributed by atoms with Gasteiger partial charge in [0.05, 0.1) is 6.21 Å². The van der Waals surface area contributed by atoms with Crippen molar-refractivity contribution in [2.75, 3.05) is 5.73 Å². The van der Waals surface area contributed by atoms with Gasteiger partial charge in [-0.15, -0.1) is 0 Å². The first-order valence-electron chi connectivity index (χ1n) is 3.13. The third kappa shape index (κ3) is 1.67. The summed E-state index contributed by atoms with van der Waals surface area (Å²) in [5.41, 5.74) is 7.08. The number of hydrogen-bond donors (Lipinski definition) is 2. The molecule has 58 valence electrons. The van der Waals surface area contributed by atoms with Crippen LogP contribution in [-0.2, 0) is 0 Å². The Labute approximate surface area is 64.4 Å². The summed E-state index contributed by atoms with van der Waals surface area (Å²) in [6.07, 6.45) is 2.85. The van der Waals surface area contributed by atoms with Crippen molar-refractivity contribution in [1.29, 1.82) is 0 Å². The third-order valence-electron chi connectivity index (χ3n) is 1.35. The second-order valence-electron chi connectivity index (χ2n) is 2.22. The molecule has 3 N–H and O–H groups in total. The number of hydrogen-bond acceptors (Lipinski definition) is 4. The van der Waals surface area contributed by atoms with Crippen molar-refractivity contribution in [2.24, 2.45) is 5.16 Å². The predicted molar refractivity (Wildman–Crippen MR) is 42.8 cm³/mol. The summed E-state index contributed by atoms with van der Waals surface area (Å²) in [6.45, 7) is 1.84. The van der Waals surface area contributed by atoms with Crippen LogP contribution in [0.4, 0.5) is 5.82 Å². The molecular formula is C7H9N3O. The number of pyridine rings is 1. The molecule has 0 amide bonds. The van der Waals surface area contributed by atoms with Crippen molar-refractivity contribution >= 4 is 12.0 Å². The highest BCUT2D eigenvalue weighted by atomic mass is 16.4. The summed E-state index contributed by atoms with van der Waals surface area (Å²) in [7, 11) is 0. The fourth-order valence-electron chi connectivity index (χ4n) is 0.744. The van der Waals surface area contributed by atoms with Crippen LogP contribution in [0.15, 0.2) is 17.4 Å². The van der Waals surface area contributed by atoms with Crippen LogP contribution in [0, 0.1) is 6.92 Å². The summed E-state index contributed by atoms with van der Waals surface area (Å²) in [4.78, 5) is 3.87. The van der Waals surface area contributed by atoms with Crippen molar-refractivity contribution in [1.82, 2.24) is 4.98 Å². The van der Waals surface area contributed by atoms with E-state index in [1.165, 1.54) is 6.21 Å². The van der Waals surface area contributed by atoms with E-state index < -0.39 is 0 Å². The number of nitrogens with zero attached hydrogens (tertiary/aromatic N) is 2. The van der Waals surface area contributed by atoms with Crippen molar-refractivity contribution in [3.63, 3.8) is 0 Å². The summed E-state index contributed by atoms with van der Waals surface area (Å²) in [5.74, 6) is 0.500. The highest BCUT2D eigenvalue weighted by Gasteiger charge is 1.94. The van der Waals surface area contributed by atoms with Crippen molar-refractivity contribution < 1.29 is 5.21 Å². The van der Waals surface area contributed by atoms with Crippen LogP contribution in [0.3, 0.4) is 0 Å². The fraction of sp³-hybridized carbons (Fsp3) is 0.143. The topological polar surface area (TPSA) is 71.5 Å². The lowest BCUT2D eigenvalue weighted by Gasteiger charge is -1.97. The number of aryl methyl sites for hydroxylation is 1. The zero-order chi connectivity index (χ0) is 8.27. The van der Waals surface area contributed by atoms with Gasteiger partial charge in [0.2, 0.25) is 0 Å².